The number of halogens is 1. The lowest BCUT2D eigenvalue weighted by Gasteiger charge is -2.04. The van der Waals surface area contributed by atoms with E-state index in [0.717, 1.165) is 11.1 Å². The molecule has 1 unspecified atom stereocenters. The molecule has 0 bridgehead atoms. The van der Waals surface area contributed by atoms with Crippen LogP contribution < -0.4 is 5.32 Å². The monoisotopic (exact) mass is 231 g/mol. The highest BCUT2D eigenvalue weighted by Gasteiger charge is 2.20. The Labute approximate surface area is 87.5 Å². The van der Waals surface area contributed by atoms with Crippen molar-refractivity contribution in [3.8, 4) is 0 Å². The maximum atomic E-state index is 11.1. The molecule has 0 radical (unpaired) electrons. The summed E-state index contributed by atoms with van der Waals surface area (Å²) in [6.45, 7) is 2.75. The van der Waals surface area contributed by atoms with Crippen molar-refractivity contribution in [1.29, 1.82) is 0 Å². The predicted octanol–water partition coefficient (Wildman–Crippen LogP) is 1.78. The van der Waals surface area contributed by atoms with E-state index in [1.807, 2.05) is 13.0 Å². The molecule has 5 heteroatoms. The molecule has 0 aliphatic carbocycles. The lowest BCUT2D eigenvalue weighted by molar-refractivity contribution is 0.609. The molecule has 0 saturated carbocycles. The minimum atomic E-state index is -3.60. The molecule has 1 aromatic rings. The fourth-order valence-electron chi connectivity index (χ4n) is 1.68. The molecule has 1 heterocycles. The first-order valence-electron chi connectivity index (χ1n) is 4.29. The summed E-state index contributed by atoms with van der Waals surface area (Å²) in [6.07, 6.45) is 0. The van der Waals surface area contributed by atoms with Gasteiger partial charge in [0.15, 0.2) is 0 Å². The van der Waals surface area contributed by atoms with Crippen molar-refractivity contribution in [2.45, 2.75) is 24.4 Å². The molecule has 14 heavy (non-hydrogen) atoms. The fourth-order valence-corrected chi connectivity index (χ4v) is 2.48. The molecule has 76 valence electrons. The molecule has 0 saturated heterocycles. The molecule has 3 nitrogen and oxygen atoms in total. The topological polar surface area (TPSA) is 46.2 Å². The van der Waals surface area contributed by atoms with Gasteiger partial charge in [-0.05, 0) is 30.2 Å². The summed E-state index contributed by atoms with van der Waals surface area (Å²) in [5.74, 6) is 0. The number of hydrogen-bond donors (Lipinski definition) is 1. The third kappa shape index (κ3) is 1.65. The van der Waals surface area contributed by atoms with Crippen LogP contribution in [0.3, 0.4) is 0 Å². The number of rotatable bonds is 1. The van der Waals surface area contributed by atoms with E-state index in [1.165, 1.54) is 0 Å². The Balaban J connectivity index is 2.53. The number of nitrogens with one attached hydrogen (secondary N) is 1. The van der Waals surface area contributed by atoms with E-state index in [-0.39, 0.29) is 10.9 Å². The summed E-state index contributed by atoms with van der Waals surface area (Å²) in [6, 6.07) is 5.28. The van der Waals surface area contributed by atoms with E-state index in [9.17, 15) is 8.42 Å². The van der Waals surface area contributed by atoms with E-state index >= 15 is 0 Å². The first kappa shape index (κ1) is 9.96. The SMILES string of the molecule is CC1NCc2cc(S(=O)(=O)Cl)ccc21. The van der Waals surface area contributed by atoms with Gasteiger partial charge in [0.05, 0.1) is 4.90 Å². The van der Waals surface area contributed by atoms with Crippen molar-refractivity contribution in [2.75, 3.05) is 0 Å². The van der Waals surface area contributed by atoms with Crippen molar-refractivity contribution < 1.29 is 8.42 Å². The smallest absolute Gasteiger partial charge is 0.261 e. The van der Waals surface area contributed by atoms with Gasteiger partial charge in [0.1, 0.15) is 0 Å². The van der Waals surface area contributed by atoms with Crippen molar-refractivity contribution in [2.24, 2.45) is 0 Å². The second kappa shape index (κ2) is 3.22. The van der Waals surface area contributed by atoms with Gasteiger partial charge in [0, 0.05) is 23.3 Å². The van der Waals surface area contributed by atoms with Gasteiger partial charge >= 0.3 is 0 Å². The van der Waals surface area contributed by atoms with E-state index in [2.05, 4.69) is 5.32 Å². The third-order valence-electron chi connectivity index (χ3n) is 2.46. The Hall–Kier alpha value is -0.580. The van der Waals surface area contributed by atoms with Crippen LogP contribution in [0.4, 0.5) is 0 Å². The largest absolute Gasteiger partial charge is 0.306 e. The summed E-state index contributed by atoms with van der Waals surface area (Å²) in [4.78, 5) is 0.175. The highest BCUT2D eigenvalue weighted by molar-refractivity contribution is 8.13. The molecular weight excluding hydrogens is 222 g/mol. The molecule has 0 aromatic heterocycles. The average Bonchev–Trinajstić information content (AvgIpc) is 2.46. The molecule has 1 aliphatic heterocycles. The molecule has 1 N–H and O–H groups in total. The fraction of sp³-hybridized carbons (Fsp3) is 0.333. The lowest BCUT2D eigenvalue weighted by Crippen LogP contribution is -2.06. The van der Waals surface area contributed by atoms with Gasteiger partial charge in [-0.1, -0.05) is 6.07 Å². The van der Waals surface area contributed by atoms with Crippen LogP contribution in [0.5, 0.6) is 0 Å². The summed E-state index contributed by atoms with van der Waals surface area (Å²) in [7, 11) is 1.65. The maximum Gasteiger partial charge on any atom is 0.261 e. The zero-order valence-corrected chi connectivity index (χ0v) is 9.19. The van der Waals surface area contributed by atoms with Crippen molar-refractivity contribution in [3.05, 3.63) is 29.3 Å². The van der Waals surface area contributed by atoms with E-state index < -0.39 is 9.05 Å². The third-order valence-corrected chi connectivity index (χ3v) is 3.81. The van der Waals surface area contributed by atoms with Crippen LogP contribution in [-0.4, -0.2) is 8.42 Å². The quantitative estimate of drug-likeness (QED) is 0.750. The normalized spacial score (nSPS) is 20.9. The van der Waals surface area contributed by atoms with E-state index in [4.69, 9.17) is 10.7 Å². The minimum absolute atomic E-state index is 0.175. The zero-order chi connectivity index (χ0) is 10.3. The Morgan fingerprint density at radius 2 is 2.21 bits per heavy atom. The molecule has 1 atom stereocenters. The van der Waals surface area contributed by atoms with Crippen molar-refractivity contribution in [3.63, 3.8) is 0 Å². The Morgan fingerprint density at radius 1 is 1.50 bits per heavy atom. The molecule has 0 fully saturated rings. The van der Waals surface area contributed by atoms with Crippen LogP contribution in [0.15, 0.2) is 23.1 Å². The molecule has 1 aromatic carbocycles. The molecular formula is C9H10ClNO2S. The van der Waals surface area contributed by atoms with E-state index in [1.54, 1.807) is 12.1 Å². The second-order valence-corrected chi connectivity index (χ2v) is 5.97. The standard InChI is InChI=1S/C9H10ClNO2S/c1-6-9-3-2-8(14(10,12)13)4-7(9)5-11-6/h2-4,6,11H,5H2,1H3. The van der Waals surface area contributed by atoms with Gasteiger partial charge < -0.3 is 5.32 Å². The second-order valence-electron chi connectivity index (χ2n) is 3.40. The molecule has 2 rings (SSSR count). The molecule has 0 spiro atoms. The first-order chi connectivity index (χ1) is 6.48. The predicted molar refractivity (Wildman–Crippen MR) is 54.7 cm³/mol. The molecule has 0 amide bonds. The number of hydrogen-bond acceptors (Lipinski definition) is 3. The zero-order valence-electron chi connectivity index (χ0n) is 7.62. The highest BCUT2D eigenvalue weighted by atomic mass is 35.7. The number of benzene rings is 1. The highest BCUT2D eigenvalue weighted by Crippen LogP contribution is 2.27. The van der Waals surface area contributed by atoms with E-state index in [0.29, 0.717) is 6.54 Å². The van der Waals surface area contributed by atoms with Crippen LogP contribution in [0.2, 0.25) is 0 Å². The van der Waals surface area contributed by atoms with Gasteiger partial charge in [-0.25, -0.2) is 8.42 Å². The van der Waals surface area contributed by atoms with Crippen LogP contribution in [0.25, 0.3) is 0 Å². The summed E-state index contributed by atoms with van der Waals surface area (Å²) in [5, 5.41) is 3.23. The van der Waals surface area contributed by atoms with Crippen molar-refractivity contribution >= 4 is 19.7 Å². The summed E-state index contributed by atoms with van der Waals surface area (Å²) < 4.78 is 22.1. The maximum absolute atomic E-state index is 11.1. The van der Waals surface area contributed by atoms with Gasteiger partial charge in [0.2, 0.25) is 0 Å². The number of fused-ring (bicyclic) bond motifs is 1. The van der Waals surface area contributed by atoms with Crippen molar-refractivity contribution in [1.82, 2.24) is 5.32 Å². The van der Waals surface area contributed by atoms with Gasteiger partial charge in [0.25, 0.3) is 9.05 Å². The van der Waals surface area contributed by atoms with Gasteiger partial charge in [-0.2, -0.15) is 0 Å². The van der Waals surface area contributed by atoms with Crippen LogP contribution in [0.1, 0.15) is 24.1 Å². The van der Waals surface area contributed by atoms with Crippen LogP contribution >= 0.6 is 10.7 Å². The Kier molecular flexibility index (Phi) is 2.29. The van der Waals surface area contributed by atoms with Crippen LogP contribution in [-0.2, 0) is 15.6 Å². The Bertz CT molecular complexity index is 470. The van der Waals surface area contributed by atoms with Crippen LogP contribution in [0, 0.1) is 0 Å². The van der Waals surface area contributed by atoms with Gasteiger partial charge in [-0.15, -0.1) is 0 Å². The minimum Gasteiger partial charge on any atom is -0.306 e. The Morgan fingerprint density at radius 3 is 2.86 bits per heavy atom. The average molecular weight is 232 g/mol. The molecule has 1 aliphatic rings. The first-order valence-corrected chi connectivity index (χ1v) is 6.60. The summed E-state index contributed by atoms with van der Waals surface area (Å²) >= 11 is 0. The lowest BCUT2D eigenvalue weighted by atomic mass is 10.1. The summed E-state index contributed by atoms with van der Waals surface area (Å²) in [5.41, 5.74) is 2.16. The van der Waals surface area contributed by atoms with Gasteiger partial charge in [-0.3, -0.25) is 0 Å².